The van der Waals surface area contributed by atoms with Gasteiger partial charge in [0.1, 0.15) is 5.69 Å². The quantitative estimate of drug-likeness (QED) is 0.553. The number of fused-ring (bicyclic) bond motifs is 1. The summed E-state index contributed by atoms with van der Waals surface area (Å²) in [5.41, 5.74) is 1.15. The lowest BCUT2D eigenvalue weighted by Crippen LogP contribution is -2.28. The standard InChI is InChI=1S/C25H25F3N4O2/c1-4-11-29-23(34)16-7-10-20(30-14-16)32-18-12-24(2,3)13-19(33)21(18)22(31-32)15-5-8-17(9-6-15)25(26,27)28/h5-10,14H,4,11-13H2,1-3H3,(H,29,34). The summed E-state index contributed by atoms with van der Waals surface area (Å²) in [6.45, 7) is 6.48. The van der Waals surface area contributed by atoms with E-state index in [0.29, 0.717) is 53.3 Å². The predicted octanol–water partition coefficient (Wildman–Crippen LogP) is 5.25. The van der Waals surface area contributed by atoms with Crippen LogP contribution in [-0.2, 0) is 12.6 Å². The fourth-order valence-corrected chi connectivity index (χ4v) is 4.14. The highest BCUT2D eigenvalue weighted by Crippen LogP contribution is 2.40. The van der Waals surface area contributed by atoms with E-state index >= 15 is 0 Å². The summed E-state index contributed by atoms with van der Waals surface area (Å²) in [7, 11) is 0. The topological polar surface area (TPSA) is 76.9 Å². The van der Waals surface area contributed by atoms with Gasteiger partial charge in [-0.25, -0.2) is 9.67 Å². The van der Waals surface area contributed by atoms with Crippen molar-refractivity contribution in [2.24, 2.45) is 5.41 Å². The Morgan fingerprint density at radius 1 is 1.12 bits per heavy atom. The van der Waals surface area contributed by atoms with Crippen molar-refractivity contribution >= 4 is 11.7 Å². The second-order valence-electron chi connectivity index (χ2n) is 9.26. The molecule has 6 nitrogen and oxygen atoms in total. The summed E-state index contributed by atoms with van der Waals surface area (Å²) in [5.74, 6) is 0.0834. The molecule has 2 aromatic heterocycles. The third-order valence-corrected chi connectivity index (χ3v) is 5.79. The lowest BCUT2D eigenvalue weighted by atomic mass is 9.75. The van der Waals surface area contributed by atoms with Crippen LogP contribution in [-0.4, -0.2) is 33.0 Å². The van der Waals surface area contributed by atoms with E-state index in [4.69, 9.17) is 0 Å². The van der Waals surface area contributed by atoms with Crippen molar-refractivity contribution < 1.29 is 22.8 Å². The molecule has 0 spiro atoms. The van der Waals surface area contributed by atoms with Crippen molar-refractivity contribution in [3.05, 3.63) is 65.0 Å². The molecule has 1 amide bonds. The Morgan fingerprint density at radius 3 is 2.41 bits per heavy atom. The minimum Gasteiger partial charge on any atom is -0.352 e. The van der Waals surface area contributed by atoms with E-state index in [1.54, 1.807) is 16.8 Å². The van der Waals surface area contributed by atoms with Crippen molar-refractivity contribution in [1.82, 2.24) is 20.1 Å². The van der Waals surface area contributed by atoms with E-state index in [-0.39, 0.29) is 17.1 Å². The molecule has 0 saturated carbocycles. The van der Waals surface area contributed by atoms with E-state index in [9.17, 15) is 22.8 Å². The molecular weight excluding hydrogens is 445 g/mol. The zero-order valence-corrected chi connectivity index (χ0v) is 19.2. The maximum absolute atomic E-state index is 13.1. The SMILES string of the molecule is CCCNC(=O)c1ccc(-n2nc(-c3ccc(C(F)(F)F)cc3)c3c2CC(C)(C)CC3=O)nc1. The molecule has 0 aliphatic heterocycles. The van der Waals surface area contributed by atoms with Crippen LogP contribution in [0, 0.1) is 5.41 Å². The number of halogens is 3. The lowest BCUT2D eigenvalue weighted by molar-refractivity contribution is -0.137. The van der Waals surface area contributed by atoms with Crippen LogP contribution < -0.4 is 5.32 Å². The van der Waals surface area contributed by atoms with E-state index < -0.39 is 11.7 Å². The third-order valence-electron chi connectivity index (χ3n) is 5.79. The number of rotatable bonds is 5. The molecule has 0 saturated heterocycles. The van der Waals surface area contributed by atoms with Crippen LogP contribution in [0.5, 0.6) is 0 Å². The molecule has 178 valence electrons. The van der Waals surface area contributed by atoms with Crippen LogP contribution >= 0.6 is 0 Å². The second-order valence-corrected chi connectivity index (χ2v) is 9.26. The molecule has 9 heteroatoms. The summed E-state index contributed by atoms with van der Waals surface area (Å²) in [5, 5.41) is 7.40. The number of hydrogen-bond acceptors (Lipinski definition) is 4. The van der Waals surface area contributed by atoms with Gasteiger partial charge in [0.15, 0.2) is 11.6 Å². The van der Waals surface area contributed by atoms with Gasteiger partial charge < -0.3 is 5.32 Å². The van der Waals surface area contributed by atoms with Gasteiger partial charge in [0.2, 0.25) is 0 Å². The summed E-state index contributed by atoms with van der Waals surface area (Å²) < 4.78 is 40.6. The fourth-order valence-electron chi connectivity index (χ4n) is 4.14. The Bertz CT molecular complexity index is 1230. The number of Topliss-reactive ketones (excluding diaryl/α,β-unsaturated/α-hetero) is 1. The first kappa shape index (κ1) is 23.7. The highest BCUT2D eigenvalue weighted by molar-refractivity contribution is 6.04. The molecule has 1 aliphatic rings. The zero-order chi connectivity index (χ0) is 24.7. The van der Waals surface area contributed by atoms with Crippen molar-refractivity contribution in [2.75, 3.05) is 6.54 Å². The predicted molar refractivity (Wildman–Crippen MR) is 121 cm³/mol. The molecule has 2 heterocycles. The van der Waals surface area contributed by atoms with Crippen LogP contribution in [0.4, 0.5) is 13.2 Å². The molecule has 1 N–H and O–H groups in total. The Kier molecular flexibility index (Phi) is 6.05. The fraction of sp³-hybridized carbons (Fsp3) is 0.360. The van der Waals surface area contributed by atoms with Crippen LogP contribution in [0.15, 0.2) is 42.6 Å². The average Bonchev–Trinajstić information content (AvgIpc) is 3.15. The van der Waals surface area contributed by atoms with E-state index in [1.807, 2.05) is 20.8 Å². The first-order valence-corrected chi connectivity index (χ1v) is 11.1. The maximum atomic E-state index is 13.1. The molecule has 0 atom stereocenters. The van der Waals surface area contributed by atoms with Gasteiger partial charge in [-0.3, -0.25) is 9.59 Å². The molecule has 4 rings (SSSR count). The summed E-state index contributed by atoms with van der Waals surface area (Å²) >= 11 is 0. The minimum absolute atomic E-state index is 0.108. The van der Waals surface area contributed by atoms with Gasteiger partial charge in [0.05, 0.1) is 22.4 Å². The monoisotopic (exact) mass is 470 g/mol. The number of carbonyl (C=O) groups excluding carboxylic acids is 2. The van der Waals surface area contributed by atoms with E-state index in [1.165, 1.54) is 18.3 Å². The second kappa shape index (κ2) is 8.70. The maximum Gasteiger partial charge on any atom is 0.416 e. The van der Waals surface area contributed by atoms with Crippen molar-refractivity contribution in [2.45, 2.75) is 46.2 Å². The number of pyridine rings is 1. The van der Waals surface area contributed by atoms with Gasteiger partial charge in [-0.1, -0.05) is 32.9 Å². The summed E-state index contributed by atoms with van der Waals surface area (Å²) in [6, 6.07) is 7.92. The van der Waals surface area contributed by atoms with Gasteiger partial charge >= 0.3 is 6.18 Å². The van der Waals surface area contributed by atoms with E-state index in [0.717, 1.165) is 18.6 Å². The minimum atomic E-state index is -4.45. The van der Waals surface area contributed by atoms with Gasteiger partial charge in [-0.15, -0.1) is 0 Å². The average molecular weight is 470 g/mol. The molecule has 1 aromatic carbocycles. The van der Waals surface area contributed by atoms with Gasteiger partial charge in [-0.05, 0) is 42.5 Å². The molecule has 1 aliphatic carbocycles. The van der Waals surface area contributed by atoms with Crippen molar-refractivity contribution in [3.8, 4) is 17.1 Å². The van der Waals surface area contributed by atoms with Crippen LogP contribution in [0.25, 0.3) is 17.1 Å². The van der Waals surface area contributed by atoms with E-state index in [2.05, 4.69) is 15.4 Å². The molecular formula is C25H25F3N4O2. The molecule has 0 radical (unpaired) electrons. The normalized spacial score (nSPS) is 15.2. The molecule has 34 heavy (non-hydrogen) atoms. The number of ketones is 1. The number of alkyl halides is 3. The molecule has 3 aromatic rings. The molecule has 0 bridgehead atoms. The first-order chi connectivity index (χ1) is 16.0. The third kappa shape index (κ3) is 4.60. The van der Waals surface area contributed by atoms with Gasteiger partial charge in [-0.2, -0.15) is 18.3 Å². The van der Waals surface area contributed by atoms with Crippen molar-refractivity contribution in [1.29, 1.82) is 0 Å². The first-order valence-electron chi connectivity index (χ1n) is 11.1. The Hall–Kier alpha value is -3.49. The zero-order valence-electron chi connectivity index (χ0n) is 19.2. The number of nitrogens with one attached hydrogen (secondary N) is 1. The van der Waals surface area contributed by atoms with Crippen molar-refractivity contribution in [3.63, 3.8) is 0 Å². The largest absolute Gasteiger partial charge is 0.416 e. The number of amides is 1. The molecule has 0 fully saturated rings. The lowest BCUT2D eigenvalue weighted by Gasteiger charge is -2.29. The Morgan fingerprint density at radius 2 is 1.82 bits per heavy atom. The molecule has 0 unspecified atom stereocenters. The van der Waals surface area contributed by atoms with Crippen LogP contribution in [0.2, 0.25) is 0 Å². The number of hydrogen-bond donors (Lipinski definition) is 1. The number of aromatic nitrogens is 3. The highest BCUT2D eigenvalue weighted by atomic mass is 19.4. The van der Waals surface area contributed by atoms with Crippen LogP contribution in [0.1, 0.15) is 65.6 Å². The van der Waals surface area contributed by atoms with Gasteiger partial charge in [0.25, 0.3) is 5.91 Å². The summed E-state index contributed by atoms with van der Waals surface area (Å²) in [4.78, 5) is 29.7. The van der Waals surface area contributed by atoms with Gasteiger partial charge in [0, 0.05) is 24.7 Å². The number of carbonyl (C=O) groups is 2. The highest BCUT2D eigenvalue weighted by Gasteiger charge is 2.37. The Labute approximate surface area is 195 Å². The number of benzene rings is 1. The smallest absolute Gasteiger partial charge is 0.352 e. The summed E-state index contributed by atoms with van der Waals surface area (Å²) in [6.07, 6.45) is -1.34. The van der Waals surface area contributed by atoms with Crippen LogP contribution in [0.3, 0.4) is 0 Å². The number of nitrogens with zero attached hydrogens (tertiary/aromatic N) is 3. The Balaban J connectivity index is 1.78.